The van der Waals surface area contributed by atoms with Crippen molar-refractivity contribution in [2.45, 2.75) is 50.6 Å². The van der Waals surface area contributed by atoms with Crippen LogP contribution in [0.4, 0.5) is 14.6 Å². The lowest BCUT2D eigenvalue weighted by molar-refractivity contribution is -0.138. The molecule has 2 atom stereocenters. The van der Waals surface area contributed by atoms with Crippen LogP contribution < -0.4 is 5.73 Å². The molecule has 1 aromatic carbocycles. The first-order valence-electron chi connectivity index (χ1n) is 12.8. The number of amides is 1. The number of carbonyl (C=O) groups is 2. The first kappa shape index (κ1) is 25.1. The van der Waals surface area contributed by atoms with Crippen LogP contribution in [0.15, 0.2) is 42.7 Å². The van der Waals surface area contributed by atoms with Crippen molar-refractivity contribution >= 4 is 23.2 Å². The number of aliphatic hydroxyl groups is 1. The Morgan fingerprint density at radius 3 is 2.33 bits per heavy atom. The van der Waals surface area contributed by atoms with Gasteiger partial charge in [-0.05, 0) is 50.8 Å². The van der Waals surface area contributed by atoms with Gasteiger partial charge in [0.1, 0.15) is 24.1 Å². The first-order valence-corrected chi connectivity index (χ1v) is 12.8. The number of nitrogens with zero attached hydrogens (tertiary/aromatic N) is 5. The molecule has 1 amide bonds. The molecule has 2 saturated heterocycles. The predicted octanol–water partition coefficient (Wildman–Crippen LogP) is 3.75. The van der Waals surface area contributed by atoms with Gasteiger partial charge < -0.3 is 15.7 Å². The lowest BCUT2D eigenvalue weighted by Crippen LogP contribution is -2.47. The second-order valence-corrected chi connectivity index (χ2v) is 10.2. The molecule has 3 aromatic heterocycles. The summed E-state index contributed by atoms with van der Waals surface area (Å²) in [5.74, 6) is -1.77. The summed E-state index contributed by atoms with van der Waals surface area (Å²) in [6, 6.07) is 6.60. The van der Waals surface area contributed by atoms with Gasteiger partial charge in [-0.1, -0.05) is 6.07 Å². The van der Waals surface area contributed by atoms with E-state index in [4.69, 9.17) is 10.7 Å². The van der Waals surface area contributed by atoms with Gasteiger partial charge in [-0.3, -0.25) is 14.6 Å². The summed E-state index contributed by atoms with van der Waals surface area (Å²) < 4.78 is 28.8. The van der Waals surface area contributed by atoms with E-state index in [0.29, 0.717) is 52.1 Å². The van der Waals surface area contributed by atoms with Gasteiger partial charge in [0.15, 0.2) is 11.4 Å². The summed E-state index contributed by atoms with van der Waals surface area (Å²) in [6.07, 6.45) is 6.09. The number of Topliss-reactive ketones (excluding diaryl/α,β-unsaturated/α-hetero) is 1. The van der Waals surface area contributed by atoms with Crippen LogP contribution in [-0.2, 0) is 4.79 Å². The molecule has 0 saturated carbocycles. The number of hydrogen-bond donors (Lipinski definition) is 2. The summed E-state index contributed by atoms with van der Waals surface area (Å²) in [4.78, 5) is 36.2. The molecule has 0 spiro atoms. The molecule has 5 heterocycles. The average molecular weight is 533 g/mol. The highest BCUT2D eigenvalue weighted by Crippen LogP contribution is 2.44. The second kappa shape index (κ2) is 9.49. The van der Waals surface area contributed by atoms with Gasteiger partial charge in [0.2, 0.25) is 5.91 Å². The molecule has 2 aliphatic heterocycles. The van der Waals surface area contributed by atoms with Crippen LogP contribution in [0, 0.1) is 11.6 Å². The smallest absolute Gasteiger partial charge is 0.248 e. The van der Waals surface area contributed by atoms with E-state index in [1.807, 2.05) is 0 Å². The quantitative estimate of drug-likeness (QED) is 0.375. The van der Waals surface area contributed by atoms with Crippen molar-refractivity contribution in [3.63, 3.8) is 0 Å². The third-order valence-corrected chi connectivity index (χ3v) is 7.84. The van der Waals surface area contributed by atoms with E-state index in [9.17, 15) is 23.5 Å². The molecule has 6 rings (SSSR count). The number of anilines is 1. The Morgan fingerprint density at radius 2 is 1.74 bits per heavy atom. The van der Waals surface area contributed by atoms with Gasteiger partial charge in [-0.2, -0.15) is 9.61 Å². The van der Waals surface area contributed by atoms with E-state index >= 15 is 0 Å². The fourth-order valence-electron chi connectivity index (χ4n) is 6.21. The SMILES string of the molecule is CC(=O)c1c(C2CC3CCC(C2)N3C(=O)CO)nc2c(-c3ccc(-c4cc(F)cc(F)c4)nc3)cnn2c1N. The molecule has 2 bridgehead atoms. The third kappa shape index (κ3) is 4.22. The first-order chi connectivity index (χ1) is 18.7. The molecule has 3 N–H and O–H groups in total. The van der Waals surface area contributed by atoms with Gasteiger partial charge in [-0.15, -0.1) is 0 Å². The van der Waals surface area contributed by atoms with Crippen LogP contribution in [0.2, 0.25) is 0 Å². The zero-order valence-corrected chi connectivity index (χ0v) is 21.1. The van der Waals surface area contributed by atoms with Crippen molar-refractivity contribution in [1.29, 1.82) is 0 Å². The van der Waals surface area contributed by atoms with Crippen LogP contribution in [-0.4, -0.2) is 60.0 Å². The largest absolute Gasteiger partial charge is 0.387 e. The number of halogens is 2. The number of rotatable bonds is 5. The number of benzene rings is 1. The third-order valence-electron chi connectivity index (χ3n) is 7.84. The zero-order chi connectivity index (χ0) is 27.4. The van der Waals surface area contributed by atoms with E-state index in [0.717, 1.165) is 18.9 Å². The molecule has 4 aromatic rings. The number of aromatic nitrogens is 4. The zero-order valence-electron chi connectivity index (χ0n) is 21.1. The number of hydrogen-bond acceptors (Lipinski definition) is 7. The van der Waals surface area contributed by atoms with Crippen molar-refractivity contribution in [1.82, 2.24) is 24.5 Å². The summed E-state index contributed by atoms with van der Waals surface area (Å²) in [6.45, 7) is 0.928. The van der Waals surface area contributed by atoms with Crippen LogP contribution in [0.5, 0.6) is 0 Å². The fraction of sp³-hybridized carbons (Fsp3) is 0.321. The Balaban J connectivity index is 1.40. The number of nitrogen functional groups attached to an aromatic ring is 1. The number of pyridine rings is 1. The number of ketones is 1. The molecular formula is C28H26F2N6O3. The predicted molar refractivity (Wildman–Crippen MR) is 139 cm³/mol. The Kier molecular flexibility index (Phi) is 6.10. The van der Waals surface area contributed by atoms with Crippen LogP contribution in [0.1, 0.15) is 54.6 Å². The van der Waals surface area contributed by atoms with Crippen molar-refractivity contribution in [3.05, 3.63) is 65.6 Å². The van der Waals surface area contributed by atoms with E-state index in [1.54, 1.807) is 29.4 Å². The second-order valence-electron chi connectivity index (χ2n) is 10.2. The summed E-state index contributed by atoms with van der Waals surface area (Å²) in [5, 5.41) is 13.8. The molecule has 9 nitrogen and oxygen atoms in total. The van der Waals surface area contributed by atoms with Gasteiger partial charge in [0.25, 0.3) is 0 Å². The minimum absolute atomic E-state index is 0.0266. The Hall–Kier alpha value is -4.25. The van der Waals surface area contributed by atoms with Gasteiger partial charge in [0.05, 0.1) is 23.1 Å². The summed E-state index contributed by atoms with van der Waals surface area (Å²) in [5.41, 5.74) is 9.88. The normalized spacial score (nSPS) is 20.5. The summed E-state index contributed by atoms with van der Waals surface area (Å²) >= 11 is 0. The maximum Gasteiger partial charge on any atom is 0.248 e. The molecule has 0 radical (unpaired) electrons. The molecule has 39 heavy (non-hydrogen) atoms. The standard InChI is InChI=1S/C28H26F2N6O3/c1-14(38)25-26(17-8-20-3-4-21(9-17)35(20)24(39)13-37)34-28-22(12-33-36(28)27(25)31)15-2-5-23(32-11-15)16-6-18(29)10-19(30)7-16/h2,5-7,10-12,17,20-21,37H,3-4,8-9,13,31H2,1H3. The van der Waals surface area contributed by atoms with E-state index in [1.165, 1.54) is 23.6 Å². The van der Waals surface area contributed by atoms with E-state index in [-0.39, 0.29) is 35.5 Å². The van der Waals surface area contributed by atoms with Crippen LogP contribution in [0.25, 0.3) is 28.0 Å². The minimum atomic E-state index is -0.688. The average Bonchev–Trinajstić information content (AvgIpc) is 3.45. The highest BCUT2D eigenvalue weighted by Gasteiger charge is 2.44. The summed E-state index contributed by atoms with van der Waals surface area (Å²) in [7, 11) is 0. The number of carbonyl (C=O) groups excluding carboxylic acids is 2. The Bertz CT molecular complexity index is 1590. The minimum Gasteiger partial charge on any atom is -0.387 e. The highest BCUT2D eigenvalue weighted by atomic mass is 19.1. The van der Waals surface area contributed by atoms with Crippen LogP contribution >= 0.6 is 0 Å². The fourth-order valence-corrected chi connectivity index (χ4v) is 6.21. The van der Waals surface area contributed by atoms with Crippen molar-refractivity contribution < 1.29 is 23.5 Å². The molecule has 2 aliphatic rings. The maximum atomic E-state index is 13.7. The lowest BCUT2D eigenvalue weighted by Gasteiger charge is -2.39. The molecule has 0 aliphatic carbocycles. The maximum absolute atomic E-state index is 13.7. The number of nitrogens with two attached hydrogens (primary N) is 1. The topological polar surface area (TPSA) is 127 Å². The molecule has 11 heteroatoms. The van der Waals surface area contributed by atoms with E-state index in [2.05, 4.69) is 10.1 Å². The number of piperidine rings is 1. The van der Waals surface area contributed by atoms with Crippen molar-refractivity contribution in [2.24, 2.45) is 0 Å². The molecular weight excluding hydrogens is 506 g/mol. The van der Waals surface area contributed by atoms with E-state index < -0.39 is 18.2 Å². The lowest BCUT2D eigenvalue weighted by atomic mass is 9.85. The Labute approximate surface area is 222 Å². The Morgan fingerprint density at radius 1 is 1.05 bits per heavy atom. The monoisotopic (exact) mass is 532 g/mol. The van der Waals surface area contributed by atoms with Crippen molar-refractivity contribution in [2.75, 3.05) is 12.3 Å². The molecule has 200 valence electrons. The van der Waals surface area contributed by atoms with Gasteiger partial charge >= 0.3 is 0 Å². The van der Waals surface area contributed by atoms with Crippen LogP contribution in [0.3, 0.4) is 0 Å². The van der Waals surface area contributed by atoms with Gasteiger partial charge in [0, 0.05) is 47.0 Å². The molecule has 2 fully saturated rings. The van der Waals surface area contributed by atoms with Crippen molar-refractivity contribution in [3.8, 4) is 22.4 Å². The number of fused-ring (bicyclic) bond motifs is 3. The molecule has 2 unspecified atom stereocenters. The highest BCUT2D eigenvalue weighted by molar-refractivity contribution is 6.00. The number of aliphatic hydroxyl groups excluding tert-OH is 1. The van der Waals surface area contributed by atoms with Gasteiger partial charge in [-0.25, -0.2) is 13.8 Å².